The number of piperidine rings is 1. The molecule has 0 saturated carbocycles. The maximum absolute atomic E-state index is 13.9. The summed E-state index contributed by atoms with van der Waals surface area (Å²) in [5, 5.41) is 12.8. The van der Waals surface area contributed by atoms with Gasteiger partial charge < -0.3 is 14.6 Å². The Balaban J connectivity index is 1.43. The summed E-state index contributed by atoms with van der Waals surface area (Å²) in [4.78, 5) is 33.1. The zero-order valence-electron chi connectivity index (χ0n) is 27.8. The summed E-state index contributed by atoms with van der Waals surface area (Å²) >= 11 is 0. The van der Waals surface area contributed by atoms with Crippen LogP contribution in [0, 0.1) is 17.1 Å². The molecule has 2 aromatic heterocycles. The number of pyridine rings is 1. The molecule has 0 unspecified atom stereocenters. The molecule has 0 bridgehead atoms. The number of hydrogen-bond donors (Lipinski definition) is 1. The van der Waals surface area contributed by atoms with E-state index in [0.717, 1.165) is 16.1 Å². The Bertz CT molecular complexity index is 2310. The van der Waals surface area contributed by atoms with Crippen LogP contribution in [0.25, 0.3) is 39.0 Å². The number of carbonyl (C=O) groups excluding carboxylic acids is 2. The van der Waals surface area contributed by atoms with Gasteiger partial charge in [0.2, 0.25) is 10.0 Å². The van der Waals surface area contributed by atoms with Gasteiger partial charge in [-0.05, 0) is 78.6 Å². The molecule has 2 amide bonds. The number of rotatable bonds is 9. The summed E-state index contributed by atoms with van der Waals surface area (Å²) in [6, 6.07) is 22.7. The number of alkyl halides is 1. The molecule has 1 N–H and O–H groups in total. The molecule has 13 heteroatoms. The lowest BCUT2D eigenvalue weighted by Crippen LogP contribution is -2.36. The zero-order chi connectivity index (χ0) is 36.3. The first-order valence-electron chi connectivity index (χ1n) is 16.1. The number of aromatic nitrogens is 1. The van der Waals surface area contributed by atoms with Crippen LogP contribution in [0.4, 0.5) is 14.5 Å². The summed E-state index contributed by atoms with van der Waals surface area (Å²) in [5.74, 6) is -1.11. The van der Waals surface area contributed by atoms with E-state index in [9.17, 15) is 32.0 Å². The smallest absolute Gasteiger partial charge is 0.255 e. The number of furan rings is 1. The summed E-state index contributed by atoms with van der Waals surface area (Å²) in [6.07, 6.45) is 3.59. The fourth-order valence-corrected chi connectivity index (χ4v) is 7.24. The molecular formula is C38H33F2N5O5S. The first-order valence-corrected chi connectivity index (χ1v) is 17.9. The molecule has 6 rings (SSSR count). The SMILES string of the molecule is CNC(=O)c1c(-c2ccc(F)cc2)oc2cc(N(CCF)S(C)(=O)=O)c(-c3cccc(C(=O)N4CCC(=C(C#N)c5ccccn5)CC4)c3)cc12. The van der Waals surface area contributed by atoms with Gasteiger partial charge in [-0.25, -0.2) is 17.2 Å². The van der Waals surface area contributed by atoms with Gasteiger partial charge in [-0.15, -0.1) is 0 Å². The number of benzene rings is 3. The van der Waals surface area contributed by atoms with E-state index in [1.165, 1.54) is 37.4 Å². The topological polar surface area (TPSA) is 137 Å². The Hall–Kier alpha value is -5.87. The van der Waals surface area contributed by atoms with Gasteiger partial charge >= 0.3 is 0 Å². The number of nitrogens with zero attached hydrogens (tertiary/aromatic N) is 4. The molecule has 1 saturated heterocycles. The number of anilines is 1. The second kappa shape index (κ2) is 14.5. The number of likely N-dealkylation sites (tertiary alicyclic amines) is 1. The number of fused-ring (bicyclic) bond motifs is 1. The monoisotopic (exact) mass is 709 g/mol. The van der Waals surface area contributed by atoms with Crippen molar-refractivity contribution >= 4 is 44.1 Å². The summed E-state index contributed by atoms with van der Waals surface area (Å²) in [7, 11) is -2.56. The van der Waals surface area contributed by atoms with Crippen LogP contribution < -0.4 is 9.62 Å². The highest BCUT2D eigenvalue weighted by atomic mass is 32.2. The van der Waals surface area contributed by atoms with Crippen molar-refractivity contribution < 1.29 is 31.2 Å². The Morgan fingerprint density at radius 3 is 2.39 bits per heavy atom. The van der Waals surface area contributed by atoms with Gasteiger partial charge in [-0.2, -0.15) is 5.26 Å². The number of nitrogens with one attached hydrogen (secondary N) is 1. The van der Waals surface area contributed by atoms with Crippen LogP contribution >= 0.6 is 0 Å². The summed E-state index contributed by atoms with van der Waals surface area (Å²) < 4.78 is 60.8. The highest BCUT2D eigenvalue weighted by Crippen LogP contribution is 2.42. The predicted octanol–water partition coefficient (Wildman–Crippen LogP) is 6.61. The van der Waals surface area contributed by atoms with Gasteiger partial charge in [0.1, 0.15) is 29.9 Å². The third-order valence-electron chi connectivity index (χ3n) is 8.78. The molecule has 0 spiro atoms. The normalized spacial score (nSPS) is 13.2. The van der Waals surface area contributed by atoms with Crippen LogP contribution in [0.3, 0.4) is 0 Å². The molecule has 1 aliphatic rings. The van der Waals surface area contributed by atoms with Gasteiger partial charge in [-0.3, -0.25) is 18.9 Å². The van der Waals surface area contributed by atoms with Gasteiger partial charge in [0.05, 0.1) is 35.3 Å². The third-order valence-corrected chi connectivity index (χ3v) is 9.96. The van der Waals surface area contributed by atoms with E-state index in [1.54, 1.807) is 53.6 Å². The second-order valence-electron chi connectivity index (χ2n) is 12.0. The fourth-order valence-electron chi connectivity index (χ4n) is 6.33. The molecule has 1 aliphatic heterocycles. The summed E-state index contributed by atoms with van der Waals surface area (Å²) in [6.45, 7) is -0.716. The minimum atomic E-state index is -4.01. The molecular weight excluding hydrogens is 677 g/mol. The van der Waals surface area contributed by atoms with Crippen LogP contribution in [-0.4, -0.2) is 69.7 Å². The Kier molecular flexibility index (Phi) is 9.97. The molecule has 3 heterocycles. The van der Waals surface area contributed by atoms with Gasteiger partial charge in [0, 0.05) is 54.5 Å². The molecule has 10 nitrogen and oxygen atoms in total. The number of sulfonamides is 1. The standard InChI is InChI=1S/C38H33F2N5O5S/c1-42-37(46)35-30-21-29(33(45(19-15-39)51(2,48)49)22-34(30)50-36(35)25-9-11-28(40)12-10-25)26-6-5-7-27(20-26)38(47)44-17-13-24(14-18-44)31(23-41)32-8-3-4-16-43-32/h3-12,16,20-22H,13-15,17-19H2,1-2H3,(H,42,46). The molecule has 0 aliphatic carbocycles. The molecule has 0 atom stereocenters. The van der Waals surface area contributed by atoms with Crippen LogP contribution in [0.15, 0.2) is 95.0 Å². The van der Waals surface area contributed by atoms with Gasteiger partial charge in [-0.1, -0.05) is 18.2 Å². The Morgan fingerprint density at radius 1 is 1.02 bits per heavy atom. The van der Waals surface area contributed by atoms with E-state index in [4.69, 9.17) is 4.42 Å². The molecule has 1 fully saturated rings. The predicted molar refractivity (Wildman–Crippen MR) is 191 cm³/mol. The Morgan fingerprint density at radius 2 is 1.76 bits per heavy atom. The van der Waals surface area contributed by atoms with E-state index in [0.29, 0.717) is 64.8 Å². The highest BCUT2D eigenvalue weighted by molar-refractivity contribution is 7.92. The van der Waals surface area contributed by atoms with Crippen molar-refractivity contribution in [2.24, 2.45) is 0 Å². The van der Waals surface area contributed by atoms with Gasteiger partial charge in [0.25, 0.3) is 11.8 Å². The van der Waals surface area contributed by atoms with E-state index >= 15 is 0 Å². The number of nitriles is 1. The third kappa shape index (κ3) is 7.09. The number of halogens is 2. The van der Waals surface area contributed by atoms with E-state index in [2.05, 4.69) is 16.4 Å². The van der Waals surface area contributed by atoms with Crippen molar-refractivity contribution in [2.75, 3.05) is 43.9 Å². The number of hydrogen-bond acceptors (Lipinski definition) is 7. The number of carbonyl (C=O) groups is 2. The van der Waals surface area contributed by atoms with E-state index in [1.807, 2.05) is 6.07 Å². The van der Waals surface area contributed by atoms with Crippen LogP contribution in [0.1, 0.15) is 39.3 Å². The molecule has 260 valence electrons. The largest absolute Gasteiger partial charge is 0.455 e. The molecule has 51 heavy (non-hydrogen) atoms. The maximum Gasteiger partial charge on any atom is 0.255 e. The van der Waals surface area contributed by atoms with Crippen molar-refractivity contribution in [3.8, 4) is 28.5 Å². The van der Waals surface area contributed by atoms with Gasteiger partial charge in [0.15, 0.2) is 0 Å². The molecule has 5 aromatic rings. The molecule has 0 radical (unpaired) electrons. The van der Waals surface area contributed by atoms with Crippen LogP contribution in [0.2, 0.25) is 0 Å². The number of amides is 2. The van der Waals surface area contributed by atoms with Crippen molar-refractivity contribution in [2.45, 2.75) is 12.8 Å². The van der Waals surface area contributed by atoms with Crippen molar-refractivity contribution in [1.82, 2.24) is 15.2 Å². The second-order valence-corrected chi connectivity index (χ2v) is 13.9. The zero-order valence-corrected chi connectivity index (χ0v) is 28.6. The maximum atomic E-state index is 13.9. The average molecular weight is 710 g/mol. The lowest BCUT2D eigenvalue weighted by atomic mass is 9.95. The van der Waals surface area contributed by atoms with Crippen LogP contribution in [0.5, 0.6) is 0 Å². The van der Waals surface area contributed by atoms with Crippen molar-refractivity contribution in [3.05, 3.63) is 113 Å². The van der Waals surface area contributed by atoms with E-state index < -0.39 is 35.0 Å². The van der Waals surface area contributed by atoms with Crippen molar-refractivity contribution in [1.29, 1.82) is 5.26 Å². The fraction of sp³-hybridized carbons (Fsp3) is 0.211. The average Bonchev–Trinajstić information content (AvgIpc) is 3.52. The minimum Gasteiger partial charge on any atom is -0.455 e. The number of allylic oxidation sites excluding steroid dienone is 1. The lowest BCUT2D eigenvalue weighted by Gasteiger charge is -2.29. The Labute approximate surface area is 293 Å². The first kappa shape index (κ1) is 35.0. The van der Waals surface area contributed by atoms with Crippen molar-refractivity contribution in [3.63, 3.8) is 0 Å². The molecule has 3 aromatic carbocycles. The first-order chi connectivity index (χ1) is 24.5. The quantitative estimate of drug-likeness (QED) is 0.170. The minimum absolute atomic E-state index is 0.0846. The summed E-state index contributed by atoms with van der Waals surface area (Å²) in [5.41, 5.74) is 3.88. The highest BCUT2D eigenvalue weighted by Gasteiger charge is 2.28. The van der Waals surface area contributed by atoms with E-state index in [-0.39, 0.29) is 28.5 Å². The van der Waals surface area contributed by atoms with Crippen LogP contribution in [-0.2, 0) is 10.0 Å². The lowest BCUT2D eigenvalue weighted by molar-refractivity contribution is 0.0743.